The van der Waals surface area contributed by atoms with Crippen molar-refractivity contribution in [2.75, 3.05) is 32.9 Å². The van der Waals surface area contributed by atoms with Crippen LogP contribution in [-0.2, 0) is 22.6 Å². The van der Waals surface area contributed by atoms with E-state index in [2.05, 4.69) is 35.0 Å². The van der Waals surface area contributed by atoms with E-state index in [-0.39, 0.29) is 0 Å². The summed E-state index contributed by atoms with van der Waals surface area (Å²) in [6, 6.07) is 8.34. The van der Waals surface area contributed by atoms with E-state index in [0.717, 1.165) is 30.8 Å². The Morgan fingerprint density at radius 3 is 2.88 bits per heavy atom. The molecule has 1 unspecified atom stereocenters. The number of piperidine rings is 1. The van der Waals surface area contributed by atoms with Crippen molar-refractivity contribution >= 4 is 5.96 Å². The van der Waals surface area contributed by atoms with Gasteiger partial charge >= 0.3 is 0 Å². The number of nitrogens with two attached hydrogens (primary N) is 1. The molecular formula is C19H31N3O2. The number of rotatable bonds is 8. The molecule has 24 heavy (non-hydrogen) atoms. The highest BCUT2D eigenvalue weighted by Gasteiger charge is 2.17. The second-order valence-electron chi connectivity index (χ2n) is 6.44. The van der Waals surface area contributed by atoms with Gasteiger partial charge in [-0.25, -0.2) is 4.99 Å². The van der Waals surface area contributed by atoms with Crippen LogP contribution in [0.5, 0.6) is 0 Å². The van der Waals surface area contributed by atoms with Gasteiger partial charge in [-0.05, 0) is 36.8 Å². The van der Waals surface area contributed by atoms with Crippen molar-refractivity contribution in [3.8, 4) is 0 Å². The van der Waals surface area contributed by atoms with Crippen LogP contribution in [-0.4, -0.2) is 43.8 Å². The summed E-state index contributed by atoms with van der Waals surface area (Å²) in [5.74, 6) is 1.37. The van der Waals surface area contributed by atoms with Gasteiger partial charge in [-0.15, -0.1) is 0 Å². The first kappa shape index (κ1) is 18.7. The molecular weight excluding hydrogens is 302 g/mol. The lowest BCUT2D eigenvalue weighted by Crippen LogP contribution is -2.43. The predicted molar refractivity (Wildman–Crippen MR) is 97.9 cm³/mol. The topological polar surface area (TPSA) is 60.1 Å². The molecule has 1 aromatic rings. The Hall–Kier alpha value is -1.59. The van der Waals surface area contributed by atoms with Crippen LogP contribution in [0.25, 0.3) is 0 Å². The molecule has 1 aromatic carbocycles. The number of hydrogen-bond acceptors (Lipinski definition) is 3. The van der Waals surface area contributed by atoms with Gasteiger partial charge in [0.15, 0.2) is 5.96 Å². The highest BCUT2D eigenvalue weighted by Crippen LogP contribution is 2.15. The van der Waals surface area contributed by atoms with E-state index < -0.39 is 0 Å². The van der Waals surface area contributed by atoms with E-state index in [9.17, 15) is 0 Å². The molecule has 2 rings (SSSR count). The molecule has 1 saturated heterocycles. The van der Waals surface area contributed by atoms with E-state index in [1.807, 2.05) is 13.0 Å². The first-order valence-corrected chi connectivity index (χ1v) is 8.97. The van der Waals surface area contributed by atoms with Gasteiger partial charge in [-0.1, -0.05) is 31.2 Å². The highest BCUT2D eigenvalue weighted by atomic mass is 16.5. The number of nitrogens with zero attached hydrogens (tertiary/aromatic N) is 2. The fourth-order valence-electron chi connectivity index (χ4n) is 2.94. The molecule has 0 saturated carbocycles. The Morgan fingerprint density at radius 2 is 2.08 bits per heavy atom. The van der Waals surface area contributed by atoms with Gasteiger partial charge in [-0.2, -0.15) is 0 Å². The molecule has 1 fully saturated rings. The van der Waals surface area contributed by atoms with E-state index in [4.69, 9.17) is 15.2 Å². The van der Waals surface area contributed by atoms with E-state index in [1.165, 1.54) is 12.8 Å². The lowest BCUT2D eigenvalue weighted by molar-refractivity contribution is 0.0453. The monoisotopic (exact) mass is 333 g/mol. The molecule has 1 aliphatic rings. The van der Waals surface area contributed by atoms with Crippen LogP contribution in [0.2, 0.25) is 0 Å². The van der Waals surface area contributed by atoms with Gasteiger partial charge in [0, 0.05) is 19.7 Å². The van der Waals surface area contributed by atoms with Crippen LogP contribution in [0.3, 0.4) is 0 Å². The third kappa shape index (κ3) is 6.49. The standard InChI is InChI=1S/C19H31N3O2/c1-3-23-10-11-24-15-18-8-4-7-17(12-18)13-21-19(20)22-9-5-6-16(2)14-22/h4,7-8,12,16H,3,5-6,9-11,13-15H2,1-2H3,(H2,20,21). The van der Waals surface area contributed by atoms with Crippen molar-refractivity contribution < 1.29 is 9.47 Å². The van der Waals surface area contributed by atoms with Gasteiger partial charge in [-0.3, -0.25) is 0 Å². The number of aliphatic imine (C=N–C) groups is 1. The highest BCUT2D eigenvalue weighted by molar-refractivity contribution is 5.78. The molecule has 5 nitrogen and oxygen atoms in total. The summed E-state index contributed by atoms with van der Waals surface area (Å²) in [5, 5.41) is 0. The minimum atomic E-state index is 0.601. The van der Waals surface area contributed by atoms with Crippen LogP contribution in [0, 0.1) is 5.92 Å². The molecule has 5 heteroatoms. The van der Waals surface area contributed by atoms with Crippen molar-refractivity contribution in [3.63, 3.8) is 0 Å². The van der Waals surface area contributed by atoms with Crippen molar-refractivity contribution in [2.24, 2.45) is 16.6 Å². The normalized spacial score (nSPS) is 18.8. The number of ether oxygens (including phenoxy) is 2. The van der Waals surface area contributed by atoms with Crippen LogP contribution >= 0.6 is 0 Å². The minimum Gasteiger partial charge on any atom is -0.379 e. The van der Waals surface area contributed by atoms with Gasteiger partial charge in [0.2, 0.25) is 0 Å². The largest absolute Gasteiger partial charge is 0.379 e. The summed E-state index contributed by atoms with van der Waals surface area (Å²) in [6.07, 6.45) is 2.49. The Kier molecular flexibility index (Phi) is 8.05. The van der Waals surface area contributed by atoms with Gasteiger partial charge in [0.1, 0.15) is 0 Å². The number of hydrogen-bond donors (Lipinski definition) is 1. The number of guanidine groups is 1. The minimum absolute atomic E-state index is 0.601. The van der Waals surface area contributed by atoms with Crippen molar-refractivity contribution in [2.45, 2.75) is 39.8 Å². The fourth-order valence-corrected chi connectivity index (χ4v) is 2.94. The number of likely N-dealkylation sites (tertiary alicyclic amines) is 1. The Balaban J connectivity index is 1.81. The summed E-state index contributed by atoms with van der Waals surface area (Å²) in [4.78, 5) is 6.78. The molecule has 0 amide bonds. The maximum Gasteiger partial charge on any atom is 0.191 e. The summed E-state index contributed by atoms with van der Waals surface area (Å²) in [6.45, 7) is 9.51. The molecule has 0 radical (unpaired) electrons. The zero-order valence-electron chi connectivity index (χ0n) is 15.0. The third-order valence-electron chi connectivity index (χ3n) is 4.24. The van der Waals surface area contributed by atoms with Crippen LogP contribution in [0.4, 0.5) is 0 Å². The van der Waals surface area contributed by atoms with Crippen LogP contribution in [0.1, 0.15) is 37.8 Å². The fraction of sp³-hybridized carbons (Fsp3) is 0.632. The van der Waals surface area contributed by atoms with E-state index in [0.29, 0.717) is 38.2 Å². The predicted octanol–water partition coefficient (Wildman–Crippen LogP) is 2.79. The lowest BCUT2D eigenvalue weighted by atomic mass is 10.0. The van der Waals surface area contributed by atoms with E-state index >= 15 is 0 Å². The Bertz CT molecular complexity index is 519. The van der Waals surface area contributed by atoms with Gasteiger partial charge in [0.25, 0.3) is 0 Å². The molecule has 134 valence electrons. The van der Waals surface area contributed by atoms with Gasteiger partial charge in [0.05, 0.1) is 26.4 Å². The number of benzene rings is 1. The molecule has 2 N–H and O–H groups in total. The lowest BCUT2D eigenvalue weighted by Gasteiger charge is -2.31. The summed E-state index contributed by atoms with van der Waals surface area (Å²) in [7, 11) is 0. The van der Waals surface area contributed by atoms with Crippen LogP contribution < -0.4 is 5.73 Å². The summed E-state index contributed by atoms with van der Waals surface area (Å²) in [5.41, 5.74) is 8.48. The summed E-state index contributed by atoms with van der Waals surface area (Å²) >= 11 is 0. The molecule has 1 aliphatic heterocycles. The SMILES string of the molecule is CCOCCOCc1cccc(CN=C(N)N2CCCC(C)C2)c1. The maximum atomic E-state index is 6.16. The van der Waals surface area contributed by atoms with Crippen molar-refractivity contribution in [1.29, 1.82) is 0 Å². The molecule has 0 aliphatic carbocycles. The third-order valence-corrected chi connectivity index (χ3v) is 4.24. The smallest absolute Gasteiger partial charge is 0.191 e. The zero-order valence-corrected chi connectivity index (χ0v) is 15.0. The second-order valence-corrected chi connectivity index (χ2v) is 6.44. The zero-order chi connectivity index (χ0) is 17.2. The van der Waals surface area contributed by atoms with Crippen molar-refractivity contribution in [3.05, 3.63) is 35.4 Å². The summed E-state index contributed by atoms with van der Waals surface area (Å²) < 4.78 is 10.9. The molecule has 0 bridgehead atoms. The Labute approximate surface area is 145 Å². The molecule has 1 atom stereocenters. The first-order chi connectivity index (χ1) is 11.7. The van der Waals surface area contributed by atoms with Crippen LogP contribution in [0.15, 0.2) is 29.3 Å². The quantitative estimate of drug-likeness (QED) is 0.451. The van der Waals surface area contributed by atoms with Crippen molar-refractivity contribution in [1.82, 2.24) is 4.90 Å². The average Bonchev–Trinajstić information content (AvgIpc) is 2.60. The molecule has 1 heterocycles. The first-order valence-electron chi connectivity index (χ1n) is 8.97. The van der Waals surface area contributed by atoms with E-state index in [1.54, 1.807) is 0 Å². The average molecular weight is 333 g/mol. The molecule has 0 spiro atoms. The second kappa shape index (κ2) is 10.3. The Morgan fingerprint density at radius 1 is 1.29 bits per heavy atom. The molecule has 0 aromatic heterocycles. The maximum absolute atomic E-state index is 6.16. The van der Waals surface area contributed by atoms with Gasteiger partial charge < -0.3 is 20.1 Å².